The lowest BCUT2D eigenvalue weighted by Crippen LogP contribution is -2.21. The molecule has 1 N–H and O–H groups in total. The van der Waals surface area contributed by atoms with E-state index in [1.54, 1.807) is 0 Å². The van der Waals surface area contributed by atoms with Crippen molar-refractivity contribution in [3.8, 4) is 0 Å². The number of alkyl halides is 3. The number of hydrogen-bond acceptors (Lipinski definition) is 3. The Bertz CT molecular complexity index is 417. The standard InChI is InChI=1S/C9H8F3NO3/c1-5-2-3-6(13(15)16)4-7(5)8(14)9(10,11)12/h2-4,8,14H,1H3/t8-/m0/s1. The van der Waals surface area contributed by atoms with Crippen molar-refractivity contribution in [1.82, 2.24) is 0 Å². The van der Waals surface area contributed by atoms with E-state index in [1.807, 2.05) is 0 Å². The Morgan fingerprint density at radius 3 is 2.44 bits per heavy atom. The minimum Gasteiger partial charge on any atom is -0.379 e. The minimum atomic E-state index is -4.83. The molecule has 0 aromatic heterocycles. The third-order valence-corrected chi connectivity index (χ3v) is 2.08. The Labute approximate surface area is 88.5 Å². The lowest BCUT2D eigenvalue weighted by atomic mass is 10.0. The van der Waals surface area contributed by atoms with Gasteiger partial charge in [0.1, 0.15) is 0 Å². The van der Waals surface area contributed by atoms with Crippen molar-refractivity contribution >= 4 is 5.69 Å². The first-order valence-corrected chi connectivity index (χ1v) is 4.23. The second kappa shape index (κ2) is 4.09. The molecular weight excluding hydrogens is 227 g/mol. The third-order valence-electron chi connectivity index (χ3n) is 2.08. The van der Waals surface area contributed by atoms with Crippen LogP contribution in [0.2, 0.25) is 0 Å². The number of nitro benzene ring substituents is 1. The molecular formula is C9H8F3NO3. The van der Waals surface area contributed by atoms with Crippen LogP contribution in [0.25, 0.3) is 0 Å². The maximum atomic E-state index is 12.2. The Kier molecular flexibility index (Phi) is 3.18. The first kappa shape index (κ1) is 12.4. The number of aliphatic hydroxyl groups excluding tert-OH is 1. The van der Waals surface area contributed by atoms with Gasteiger partial charge in [0.05, 0.1) is 4.92 Å². The molecule has 1 atom stereocenters. The van der Waals surface area contributed by atoms with Gasteiger partial charge < -0.3 is 5.11 Å². The molecule has 88 valence electrons. The molecule has 0 radical (unpaired) electrons. The van der Waals surface area contributed by atoms with Crippen molar-refractivity contribution in [2.45, 2.75) is 19.2 Å². The number of rotatable bonds is 2. The van der Waals surface area contributed by atoms with Gasteiger partial charge in [0.2, 0.25) is 0 Å². The zero-order valence-electron chi connectivity index (χ0n) is 8.15. The first-order chi connectivity index (χ1) is 7.23. The molecule has 0 heterocycles. The number of aryl methyl sites for hydroxylation is 1. The Morgan fingerprint density at radius 2 is 2.00 bits per heavy atom. The van der Waals surface area contributed by atoms with Crippen LogP contribution in [0.4, 0.5) is 18.9 Å². The van der Waals surface area contributed by atoms with Crippen molar-refractivity contribution < 1.29 is 23.2 Å². The van der Waals surface area contributed by atoms with Gasteiger partial charge in [-0.05, 0) is 18.1 Å². The summed E-state index contributed by atoms with van der Waals surface area (Å²) >= 11 is 0. The molecule has 0 aliphatic carbocycles. The summed E-state index contributed by atoms with van der Waals surface area (Å²) in [6.07, 6.45) is -7.53. The molecule has 0 saturated heterocycles. The van der Waals surface area contributed by atoms with E-state index in [0.717, 1.165) is 12.1 Å². The molecule has 0 amide bonds. The van der Waals surface area contributed by atoms with E-state index in [2.05, 4.69) is 0 Å². The molecule has 7 heteroatoms. The molecule has 4 nitrogen and oxygen atoms in total. The van der Waals surface area contributed by atoms with Crippen molar-refractivity contribution in [2.75, 3.05) is 0 Å². The highest BCUT2D eigenvalue weighted by Gasteiger charge is 2.40. The van der Waals surface area contributed by atoms with Gasteiger partial charge in [0.15, 0.2) is 6.10 Å². The summed E-state index contributed by atoms with van der Waals surface area (Å²) in [6.45, 7) is 1.34. The molecule has 0 saturated carbocycles. The number of aliphatic hydroxyl groups is 1. The Balaban J connectivity index is 3.22. The molecule has 0 unspecified atom stereocenters. The van der Waals surface area contributed by atoms with Gasteiger partial charge >= 0.3 is 6.18 Å². The predicted molar refractivity (Wildman–Crippen MR) is 48.8 cm³/mol. The molecule has 0 fully saturated rings. The smallest absolute Gasteiger partial charge is 0.379 e. The summed E-state index contributed by atoms with van der Waals surface area (Å²) in [4.78, 5) is 9.57. The largest absolute Gasteiger partial charge is 0.418 e. The van der Waals surface area contributed by atoms with Gasteiger partial charge in [-0.15, -0.1) is 0 Å². The first-order valence-electron chi connectivity index (χ1n) is 4.23. The molecule has 1 rings (SSSR count). The topological polar surface area (TPSA) is 63.4 Å². The van der Waals surface area contributed by atoms with E-state index in [0.29, 0.717) is 0 Å². The lowest BCUT2D eigenvalue weighted by Gasteiger charge is -2.16. The normalized spacial score (nSPS) is 13.6. The lowest BCUT2D eigenvalue weighted by molar-refractivity contribution is -0.385. The number of halogens is 3. The Morgan fingerprint density at radius 1 is 1.44 bits per heavy atom. The summed E-state index contributed by atoms with van der Waals surface area (Å²) in [5.41, 5.74) is -0.832. The van der Waals surface area contributed by atoms with Crippen LogP contribution >= 0.6 is 0 Å². The summed E-state index contributed by atoms with van der Waals surface area (Å²) in [7, 11) is 0. The highest BCUT2D eigenvalue weighted by molar-refractivity contribution is 5.40. The average Bonchev–Trinajstić information content (AvgIpc) is 2.15. The van der Waals surface area contributed by atoms with Crippen LogP contribution in [0.5, 0.6) is 0 Å². The summed E-state index contributed by atoms with van der Waals surface area (Å²) < 4.78 is 36.7. The summed E-state index contributed by atoms with van der Waals surface area (Å²) in [5, 5.41) is 19.4. The summed E-state index contributed by atoms with van der Waals surface area (Å²) in [5.74, 6) is 0. The quantitative estimate of drug-likeness (QED) is 0.632. The van der Waals surface area contributed by atoms with E-state index in [1.165, 1.54) is 13.0 Å². The molecule has 1 aromatic carbocycles. The highest BCUT2D eigenvalue weighted by atomic mass is 19.4. The van der Waals surface area contributed by atoms with Crippen molar-refractivity contribution in [3.05, 3.63) is 39.4 Å². The van der Waals surface area contributed by atoms with Crippen molar-refractivity contribution in [1.29, 1.82) is 0 Å². The number of benzene rings is 1. The van der Waals surface area contributed by atoms with Crippen LogP contribution < -0.4 is 0 Å². The number of nitrogens with zero attached hydrogens (tertiary/aromatic N) is 1. The number of non-ortho nitro benzene ring substituents is 1. The second-order valence-corrected chi connectivity index (χ2v) is 3.24. The minimum absolute atomic E-state index is 0.149. The van der Waals surface area contributed by atoms with Crippen molar-refractivity contribution in [2.24, 2.45) is 0 Å². The maximum Gasteiger partial charge on any atom is 0.418 e. The average molecular weight is 235 g/mol. The van der Waals surface area contributed by atoms with Gasteiger partial charge in [-0.25, -0.2) is 0 Å². The van der Waals surface area contributed by atoms with E-state index < -0.39 is 28.5 Å². The van der Waals surface area contributed by atoms with Gasteiger partial charge in [-0.1, -0.05) is 6.07 Å². The van der Waals surface area contributed by atoms with Crippen LogP contribution in [0.3, 0.4) is 0 Å². The zero-order valence-corrected chi connectivity index (χ0v) is 8.15. The molecule has 1 aromatic rings. The fraction of sp³-hybridized carbons (Fsp3) is 0.333. The van der Waals surface area contributed by atoms with Crippen LogP contribution in [0.15, 0.2) is 18.2 Å². The zero-order chi connectivity index (χ0) is 12.5. The monoisotopic (exact) mass is 235 g/mol. The number of nitro groups is 1. The van der Waals surface area contributed by atoms with Crippen molar-refractivity contribution in [3.63, 3.8) is 0 Å². The van der Waals surface area contributed by atoms with E-state index in [4.69, 9.17) is 5.11 Å². The van der Waals surface area contributed by atoms with Gasteiger partial charge in [-0.3, -0.25) is 10.1 Å². The molecule has 0 aliphatic rings. The number of hydrogen-bond donors (Lipinski definition) is 1. The second-order valence-electron chi connectivity index (χ2n) is 3.24. The fourth-order valence-electron chi connectivity index (χ4n) is 1.21. The molecule has 0 bridgehead atoms. The van der Waals surface area contributed by atoms with Gasteiger partial charge in [0, 0.05) is 12.1 Å². The highest BCUT2D eigenvalue weighted by Crippen LogP contribution is 2.35. The van der Waals surface area contributed by atoms with Crippen LogP contribution in [0, 0.1) is 17.0 Å². The van der Waals surface area contributed by atoms with Gasteiger partial charge in [-0.2, -0.15) is 13.2 Å². The Hall–Kier alpha value is -1.63. The fourth-order valence-corrected chi connectivity index (χ4v) is 1.21. The molecule has 0 spiro atoms. The van der Waals surface area contributed by atoms with E-state index in [9.17, 15) is 23.3 Å². The predicted octanol–water partition coefficient (Wildman–Crippen LogP) is 2.50. The van der Waals surface area contributed by atoms with Gasteiger partial charge in [0.25, 0.3) is 5.69 Å². The van der Waals surface area contributed by atoms with E-state index in [-0.39, 0.29) is 5.56 Å². The molecule has 0 aliphatic heterocycles. The van der Waals surface area contributed by atoms with Crippen LogP contribution in [-0.2, 0) is 0 Å². The van der Waals surface area contributed by atoms with Crippen LogP contribution in [-0.4, -0.2) is 16.2 Å². The van der Waals surface area contributed by atoms with Crippen LogP contribution in [0.1, 0.15) is 17.2 Å². The maximum absolute atomic E-state index is 12.2. The SMILES string of the molecule is Cc1ccc([N+](=O)[O-])cc1[C@H](O)C(F)(F)F. The molecule has 16 heavy (non-hydrogen) atoms. The van der Waals surface area contributed by atoms with E-state index >= 15 is 0 Å². The summed E-state index contributed by atoms with van der Waals surface area (Å²) in [6, 6.07) is 2.98. The third kappa shape index (κ3) is 2.48.